The van der Waals surface area contributed by atoms with Crippen molar-refractivity contribution in [2.45, 2.75) is 33.1 Å². The number of fused-ring (bicyclic) bond motifs is 2. The molecule has 136 valence electrons. The Morgan fingerprint density at radius 2 is 1.93 bits per heavy atom. The number of nitrogens with zero attached hydrogens (tertiary/aromatic N) is 1. The number of aromatic amines is 1. The Balaban J connectivity index is 1.89. The number of hydrogen-bond donors (Lipinski definition) is 1. The molecule has 2 heterocycles. The molecule has 0 aliphatic heterocycles. The van der Waals surface area contributed by atoms with Crippen LogP contribution in [0.25, 0.3) is 33.2 Å². The molecule has 4 nitrogen and oxygen atoms in total. The quantitative estimate of drug-likeness (QED) is 0.585. The lowest BCUT2D eigenvalue weighted by atomic mass is 9.98. The van der Waals surface area contributed by atoms with E-state index < -0.39 is 5.97 Å². The maximum absolute atomic E-state index is 10.9. The van der Waals surface area contributed by atoms with E-state index in [1.165, 1.54) is 16.5 Å². The molecule has 0 aliphatic rings. The number of carbonyl (C=O) groups is 1. The standard InChI is InChI=1S/C23H22N2O2/c1-14-12-15(2)22-17(7-5-9-21(26)27)23(25-20(22)13-14)19-11-10-16-6-3-4-8-18(16)24-19/h3-4,6,8,10-13,25H,5,7,9H2,1-2H3,(H,26,27)/p-1. The van der Waals surface area contributed by atoms with E-state index in [1.807, 2.05) is 30.3 Å². The van der Waals surface area contributed by atoms with Crippen LogP contribution >= 0.6 is 0 Å². The van der Waals surface area contributed by atoms with E-state index in [2.05, 4.69) is 37.0 Å². The number of carboxylic acid groups (broad SMARTS) is 1. The molecule has 0 radical (unpaired) electrons. The zero-order valence-corrected chi connectivity index (χ0v) is 15.5. The summed E-state index contributed by atoms with van der Waals surface area (Å²) in [5, 5.41) is 13.1. The van der Waals surface area contributed by atoms with Crippen molar-refractivity contribution in [3.63, 3.8) is 0 Å². The summed E-state index contributed by atoms with van der Waals surface area (Å²) in [5.41, 5.74) is 7.39. The highest BCUT2D eigenvalue weighted by atomic mass is 16.4. The number of benzene rings is 2. The molecule has 0 fully saturated rings. The highest BCUT2D eigenvalue weighted by molar-refractivity contribution is 5.94. The summed E-state index contributed by atoms with van der Waals surface area (Å²) >= 11 is 0. The third-order valence-electron chi connectivity index (χ3n) is 5.01. The van der Waals surface area contributed by atoms with Crippen LogP contribution in [0.4, 0.5) is 0 Å². The van der Waals surface area contributed by atoms with E-state index in [4.69, 9.17) is 4.98 Å². The van der Waals surface area contributed by atoms with Crippen molar-refractivity contribution in [3.05, 3.63) is 65.2 Å². The van der Waals surface area contributed by atoms with Gasteiger partial charge in [-0.05, 0) is 68.0 Å². The highest BCUT2D eigenvalue weighted by Crippen LogP contribution is 2.34. The second-order valence-electron chi connectivity index (χ2n) is 7.10. The summed E-state index contributed by atoms with van der Waals surface area (Å²) in [4.78, 5) is 19.2. The van der Waals surface area contributed by atoms with Crippen LogP contribution in [-0.2, 0) is 11.2 Å². The molecule has 0 saturated carbocycles. The number of nitrogens with one attached hydrogen (secondary N) is 1. The van der Waals surface area contributed by atoms with Gasteiger partial charge in [-0.15, -0.1) is 0 Å². The van der Waals surface area contributed by atoms with Crippen molar-refractivity contribution in [2.75, 3.05) is 0 Å². The summed E-state index contributed by atoms with van der Waals surface area (Å²) in [7, 11) is 0. The molecule has 4 heteroatoms. The van der Waals surface area contributed by atoms with Crippen LogP contribution in [0.1, 0.15) is 29.5 Å². The number of rotatable bonds is 5. The van der Waals surface area contributed by atoms with Crippen molar-refractivity contribution in [1.29, 1.82) is 0 Å². The lowest BCUT2D eigenvalue weighted by Gasteiger charge is -2.08. The third-order valence-corrected chi connectivity index (χ3v) is 5.01. The smallest absolute Gasteiger partial charge is 0.0875 e. The zero-order valence-electron chi connectivity index (χ0n) is 15.5. The summed E-state index contributed by atoms with van der Waals surface area (Å²) in [6, 6.07) is 16.4. The minimum absolute atomic E-state index is 0.0577. The molecule has 0 aliphatic carbocycles. The average molecular weight is 357 g/mol. The van der Waals surface area contributed by atoms with E-state index in [1.54, 1.807) is 0 Å². The van der Waals surface area contributed by atoms with Crippen molar-refractivity contribution in [2.24, 2.45) is 0 Å². The van der Waals surface area contributed by atoms with E-state index in [0.717, 1.165) is 33.4 Å². The number of carbonyl (C=O) groups excluding carboxylic acids is 1. The van der Waals surface area contributed by atoms with Crippen LogP contribution in [0, 0.1) is 13.8 Å². The maximum Gasteiger partial charge on any atom is 0.0875 e. The lowest BCUT2D eigenvalue weighted by Crippen LogP contribution is -2.21. The third kappa shape index (κ3) is 3.31. The van der Waals surface area contributed by atoms with Crippen LogP contribution in [0.2, 0.25) is 0 Å². The normalized spacial score (nSPS) is 11.3. The first-order valence-corrected chi connectivity index (χ1v) is 9.21. The minimum Gasteiger partial charge on any atom is -0.550 e. The van der Waals surface area contributed by atoms with E-state index in [-0.39, 0.29) is 6.42 Å². The molecular formula is C23H21N2O2-. The Bertz CT molecular complexity index is 1160. The van der Waals surface area contributed by atoms with E-state index in [0.29, 0.717) is 12.8 Å². The Hall–Kier alpha value is -3.14. The molecule has 4 rings (SSSR count). The monoisotopic (exact) mass is 357 g/mol. The number of aliphatic carboxylic acids is 1. The molecule has 1 N–H and O–H groups in total. The van der Waals surface area contributed by atoms with Gasteiger partial charge in [0.15, 0.2) is 0 Å². The number of aromatic nitrogens is 2. The van der Waals surface area contributed by atoms with Gasteiger partial charge in [-0.3, -0.25) is 0 Å². The van der Waals surface area contributed by atoms with Gasteiger partial charge >= 0.3 is 0 Å². The Kier molecular flexibility index (Phi) is 4.40. The van der Waals surface area contributed by atoms with Gasteiger partial charge in [-0.1, -0.05) is 30.3 Å². The van der Waals surface area contributed by atoms with Gasteiger partial charge in [0.1, 0.15) is 0 Å². The zero-order chi connectivity index (χ0) is 19.0. The summed E-state index contributed by atoms with van der Waals surface area (Å²) in [6.07, 6.45) is 1.27. The molecule has 0 saturated heterocycles. The predicted octanol–water partition coefficient (Wildman–Crippen LogP) is 4.07. The number of carboxylic acids is 1. The summed E-state index contributed by atoms with van der Waals surface area (Å²) < 4.78 is 0. The fourth-order valence-electron chi connectivity index (χ4n) is 3.89. The van der Waals surface area contributed by atoms with Crippen LogP contribution in [0.3, 0.4) is 0 Å². The number of aryl methyl sites for hydroxylation is 3. The highest BCUT2D eigenvalue weighted by Gasteiger charge is 2.16. The molecular weight excluding hydrogens is 336 g/mol. The lowest BCUT2D eigenvalue weighted by molar-refractivity contribution is -0.305. The van der Waals surface area contributed by atoms with Gasteiger partial charge in [0.05, 0.1) is 16.9 Å². The first-order valence-electron chi connectivity index (χ1n) is 9.21. The molecule has 0 bridgehead atoms. The Labute approximate surface area is 157 Å². The number of pyridine rings is 1. The van der Waals surface area contributed by atoms with Gasteiger partial charge in [0.2, 0.25) is 0 Å². The van der Waals surface area contributed by atoms with Crippen LogP contribution in [0.15, 0.2) is 48.5 Å². The Morgan fingerprint density at radius 3 is 2.74 bits per heavy atom. The largest absolute Gasteiger partial charge is 0.550 e. The van der Waals surface area contributed by atoms with E-state index in [9.17, 15) is 9.90 Å². The van der Waals surface area contributed by atoms with Crippen LogP contribution in [0.5, 0.6) is 0 Å². The molecule has 0 spiro atoms. The van der Waals surface area contributed by atoms with Gasteiger partial charge in [0.25, 0.3) is 0 Å². The van der Waals surface area contributed by atoms with Crippen molar-refractivity contribution >= 4 is 27.8 Å². The van der Waals surface area contributed by atoms with Crippen molar-refractivity contribution in [1.82, 2.24) is 9.97 Å². The number of hydrogen-bond acceptors (Lipinski definition) is 3. The van der Waals surface area contributed by atoms with Crippen molar-refractivity contribution in [3.8, 4) is 11.4 Å². The molecule has 0 amide bonds. The van der Waals surface area contributed by atoms with Gasteiger partial charge in [-0.25, -0.2) is 4.98 Å². The SMILES string of the molecule is Cc1cc(C)c2c(CCCC(=O)[O-])c(-c3ccc4ccccc4n3)[nH]c2c1. The summed E-state index contributed by atoms with van der Waals surface area (Å²) in [6.45, 7) is 4.18. The van der Waals surface area contributed by atoms with E-state index >= 15 is 0 Å². The molecule has 0 unspecified atom stereocenters. The molecule has 2 aromatic carbocycles. The topological polar surface area (TPSA) is 68.8 Å². The van der Waals surface area contributed by atoms with Crippen LogP contribution in [-0.4, -0.2) is 15.9 Å². The molecule has 0 atom stereocenters. The van der Waals surface area contributed by atoms with Gasteiger partial charge in [-0.2, -0.15) is 0 Å². The predicted molar refractivity (Wildman–Crippen MR) is 106 cm³/mol. The first kappa shape index (κ1) is 17.3. The second-order valence-corrected chi connectivity index (χ2v) is 7.10. The second kappa shape index (κ2) is 6.88. The number of para-hydroxylation sites is 1. The fraction of sp³-hybridized carbons (Fsp3) is 0.217. The Morgan fingerprint density at radius 1 is 1.11 bits per heavy atom. The molecule has 27 heavy (non-hydrogen) atoms. The fourth-order valence-corrected chi connectivity index (χ4v) is 3.89. The first-order chi connectivity index (χ1) is 13.0. The minimum atomic E-state index is -1.01. The maximum atomic E-state index is 10.9. The van der Waals surface area contributed by atoms with Crippen LogP contribution < -0.4 is 5.11 Å². The molecule has 2 aromatic heterocycles. The van der Waals surface area contributed by atoms with Gasteiger partial charge < -0.3 is 14.9 Å². The van der Waals surface area contributed by atoms with Gasteiger partial charge in [0, 0.05) is 22.3 Å². The number of H-pyrrole nitrogens is 1. The van der Waals surface area contributed by atoms with Crippen molar-refractivity contribution < 1.29 is 9.90 Å². The molecule has 4 aromatic rings. The average Bonchev–Trinajstić information content (AvgIpc) is 2.99. The summed E-state index contributed by atoms with van der Waals surface area (Å²) in [5.74, 6) is -1.01.